The predicted octanol–water partition coefficient (Wildman–Crippen LogP) is 3.43. The quantitative estimate of drug-likeness (QED) is 0.879. The van der Waals surface area contributed by atoms with Gasteiger partial charge in [0.25, 0.3) is 5.91 Å². The number of carbonyl (C=O) groups is 1. The van der Waals surface area contributed by atoms with Gasteiger partial charge in [0.2, 0.25) is 5.88 Å². The Kier molecular flexibility index (Phi) is 4.76. The van der Waals surface area contributed by atoms with Gasteiger partial charge >= 0.3 is 0 Å². The second kappa shape index (κ2) is 6.54. The van der Waals surface area contributed by atoms with E-state index in [2.05, 4.69) is 15.3 Å². The van der Waals surface area contributed by atoms with Gasteiger partial charge in [-0.25, -0.2) is 9.97 Å². The van der Waals surface area contributed by atoms with Crippen LogP contribution in [0.3, 0.4) is 0 Å². The number of nitrogens with one attached hydrogen (secondary N) is 1. The Morgan fingerprint density at radius 3 is 2.95 bits per heavy atom. The fourth-order valence-electron chi connectivity index (χ4n) is 1.51. The number of anilines is 1. The number of hydrogen-bond acceptors (Lipinski definition) is 4. The molecule has 0 unspecified atom stereocenters. The van der Waals surface area contributed by atoms with Gasteiger partial charge in [-0.15, -0.1) is 0 Å². The SMILES string of the molecule is CCOc1ncccc1NC(=O)c1cc(Cl)ncc1Cl. The third kappa shape index (κ3) is 3.37. The fraction of sp³-hybridized carbons (Fsp3) is 0.154. The molecule has 2 aromatic heterocycles. The molecule has 104 valence electrons. The fourth-order valence-corrected chi connectivity index (χ4v) is 1.86. The monoisotopic (exact) mass is 311 g/mol. The second-order valence-corrected chi connectivity index (χ2v) is 4.52. The van der Waals surface area contributed by atoms with Crippen molar-refractivity contribution in [1.29, 1.82) is 0 Å². The van der Waals surface area contributed by atoms with E-state index >= 15 is 0 Å². The molecule has 0 fully saturated rings. The van der Waals surface area contributed by atoms with Gasteiger partial charge in [0, 0.05) is 12.4 Å². The van der Waals surface area contributed by atoms with Crippen molar-refractivity contribution in [3.8, 4) is 5.88 Å². The van der Waals surface area contributed by atoms with E-state index in [4.69, 9.17) is 27.9 Å². The molecule has 1 amide bonds. The van der Waals surface area contributed by atoms with Crippen LogP contribution in [0, 0.1) is 0 Å². The van der Waals surface area contributed by atoms with Crippen LogP contribution < -0.4 is 10.1 Å². The zero-order chi connectivity index (χ0) is 14.5. The lowest BCUT2D eigenvalue weighted by Crippen LogP contribution is -2.14. The van der Waals surface area contributed by atoms with E-state index in [1.165, 1.54) is 12.3 Å². The van der Waals surface area contributed by atoms with Crippen LogP contribution in [0.5, 0.6) is 5.88 Å². The van der Waals surface area contributed by atoms with Crippen molar-refractivity contribution < 1.29 is 9.53 Å². The van der Waals surface area contributed by atoms with Gasteiger partial charge in [0.1, 0.15) is 10.8 Å². The number of carbonyl (C=O) groups excluding carboxylic acids is 1. The molecule has 0 spiro atoms. The molecule has 5 nitrogen and oxygen atoms in total. The Morgan fingerprint density at radius 1 is 1.40 bits per heavy atom. The normalized spacial score (nSPS) is 10.2. The number of nitrogens with zero attached hydrogens (tertiary/aromatic N) is 2. The summed E-state index contributed by atoms with van der Waals surface area (Å²) in [7, 11) is 0. The Bertz CT molecular complexity index is 635. The van der Waals surface area contributed by atoms with Crippen LogP contribution in [-0.4, -0.2) is 22.5 Å². The molecular weight excluding hydrogens is 301 g/mol. The second-order valence-electron chi connectivity index (χ2n) is 3.73. The van der Waals surface area contributed by atoms with Crippen LogP contribution in [-0.2, 0) is 0 Å². The highest BCUT2D eigenvalue weighted by Gasteiger charge is 2.14. The molecule has 20 heavy (non-hydrogen) atoms. The summed E-state index contributed by atoms with van der Waals surface area (Å²) in [6.07, 6.45) is 2.91. The van der Waals surface area contributed by atoms with Crippen molar-refractivity contribution in [2.75, 3.05) is 11.9 Å². The van der Waals surface area contributed by atoms with Gasteiger partial charge in [0.05, 0.1) is 17.2 Å². The molecule has 0 atom stereocenters. The Morgan fingerprint density at radius 2 is 2.20 bits per heavy atom. The van der Waals surface area contributed by atoms with Crippen LogP contribution in [0.15, 0.2) is 30.6 Å². The topological polar surface area (TPSA) is 64.1 Å². The minimum atomic E-state index is -0.409. The van der Waals surface area contributed by atoms with Gasteiger partial charge in [-0.1, -0.05) is 23.2 Å². The van der Waals surface area contributed by atoms with E-state index in [9.17, 15) is 4.79 Å². The molecule has 2 heterocycles. The number of aromatic nitrogens is 2. The molecule has 0 radical (unpaired) electrons. The van der Waals surface area contributed by atoms with Crippen LogP contribution in [0.4, 0.5) is 5.69 Å². The summed E-state index contributed by atoms with van der Waals surface area (Å²) in [6.45, 7) is 2.28. The zero-order valence-electron chi connectivity index (χ0n) is 10.6. The Balaban J connectivity index is 2.26. The first kappa shape index (κ1) is 14.6. The van der Waals surface area contributed by atoms with Gasteiger partial charge < -0.3 is 10.1 Å². The average molecular weight is 312 g/mol. The molecule has 0 aliphatic rings. The van der Waals surface area contributed by atoms with Gasteiger partial charge in [-0.05, 0) is 25.1 Å². The zero-order valence-corrected chi connectivity index (χ0v) is 12.1. The summed E-state index contributed by atoms with van der Waals surface area (Å²) in [5.74, 6) is -0.0621. The Hall–Kier alpha value is -1.85. The first-order valence-corrected chi connectivity index (χ1v) is 6.57. The number of amides is 1. The van der Waals surface area contributed by atoms with Crippen molar-refractivity contribution in [3.05, 3.63) is 46.3 Å². The molecule has 2 aromatic rings. The molecule has 1 N–H and O–H groups in total. The van der Waals surface area contributed by atoms with Crippen molar-refractivity contribution in [2.24, 2.45) is 0 Å². The third-order valence-electron chi connectivity index (χ3n) is 2.37. The highest BCUT2D eigenvalue weighted by atomic mass is 35.5. The summed E-state index contributed by atoms with van der Waals surface area (Å²) in [6, 6.07) is 4.78. The van der Waals surface area contributed by atoms with Crippen molar-refractivity contribution in [3.63, 3.8) is 0 Å². The van der Waals surface area contributed by atoms with Gasteiger partial charge in [0.15, 0.2) is 0 Å². The molecule has 0 saturated heterocycles. The lowest BCUT2D eigenvalue weighted by molar-refractivity contribution is 0.102. The maximum Gasteiger partial charge on any atom is 0.257 e. The van der Waals surface area contributed by atoms with Crippen LogP contribution >= 0.6 is 23.2 Å². The molecule has 2 rings (SSSR count). The summed E-state index contributed by atoms with van der Waals surface area (Å²) in [5.41, 5.74) is 0.696. The van der Waals surface area contributed by atoms with E-state index in [0.717, 1.165) is 0 Å². The summed E-state index contributed by atoms with van der Waals surface area (Å²) in [5, 5.41) is 3.09. The predicted molar refractivity (Wildman–Crippen MR) is 77.6 cm³/mol. The van der Waals surface area contributed by atoms with Gasteiger partial charge in [-0.2, -0.15) is 0 Å². The number of ether oxygens (including phenoxy) is 1. The minimum Gasteiger partial charge on any atom is -0.476 e. The first-order valence-electron chi connectivity index (χ1n) is 5.82. The molecule has 0 aromatic carbocycles. The van der Waals surface area contributed by atoms with E-state index < -0.39 is 5.91 Å². The molecule has 7 heteroatoms. The minimum absolute atomic E-state index is 0.191. The maximum atomic E-state index is 12.2. The molecule has 0 aliphatic carbocycles. The third-order valence-corrected chi connectivity index (χ3v) is 2.87. The van der Waals surface area contributed by atoms with E-state index in [-0.39, 0.29) is 15.7 Å². The van der Waals surface area contributed by atoms with Gasteiger partial charge in [-0.3, -0.25) is 4.79 Å². The first-order chi connectivity index (χ1) is 9.61. The molecule has 0 bridgehead atoms. The average Bonchev–Trinajstić information content (AvgIpc) is 2.44. The smallest absolute Gasteiger partial charge is 0.257 e. The lowest BCUT2D eigenvalue weighted by Gasteiger charge is -2.10. The highest BCUT2D eigenvalue weighted by Crippen LogP contribution is 2.24. The van der Waals surface area contributed by atoms with Crippen molar-refractivity contribution in [1.82, 2.24) is 9.97 Å². The van der Waals surface area contributed by atoms with Crippen LogP contribution in [0.2, 0.25) is 10.2 Å². The van der Waals surface area contributed by atoms with Crippen LogP contribution in [0.25, 0.3) is 0 Å². The lowest BCUT2D eigenvalue weighted by atomic mass is 10.2. The Labute approximate surface area is 125 Å². The number of rotatable bonds is 4. The maximum absolute atomic E-state index is 12.2. The van der Waals surface area contributed by atoms with Crippen molar-refractivity contribution in [2.45, 2.75) is 6.92 Å². The highest BCUT2D eigenvalue weighted by molar-refractivity contribution is 6.35. The standard InChI is InChI=1S/C13H11Cl2N3O2/c1-2-20-13-10(4-3-5-16-13)18-12(19)8-6-11(15)17-7-9(8)14/h3-7H,2H2,1H3,(H,18,19). The van der Waals surface area contributed by atoms with E-state index in [1.807, 2.05) is 6.92 Å². The van der Waals surface area contributed by atoms with Crippen molar-refractivity contribution >= 4 is 34.8 Å². The van der Waals surface area contributed by atoms with E-state index in [1.54, 1.807) is 18.3 Å². The van der Waals surface area contributed by atoms with Crippen LogP contribution in [0.1, 0.15) is 17.3 Å². The van der Waals surface area contributed by atoms with E-state index in [0.29, 0.717) is 18.2 Å². The number of pyridine rings is 2. The molecule has 0 saturated carbocycles. The summed E-state index contributed by atoms with van der Waals surface area (Å²) >= 11 is 11.7. The summed E-state index contributed by atoms with van der Waals surface area (Å²) in [4.78, 5) is 20.0. The molecule has 0 aliphatic heterocycles. The summed E-state index contributed by atoms with van der Waals surface area (Å²) < 4.78 is 5.33. The number of halogens is 2. The number of hydrogen-bond donors (Lipinski definition) is 1. The largest absolute Gasteiger partial charge is 0.476 e. The molecular formula is C13H11Cl2N3O2.